The zero-order valence-corrected chi connectivity index (χ0v) is 16.7. The Hall–Kier alpha value is -3.32. The number of carbonyl (C=O) groups excluding carboxylic acids is 2. The minimum atomic E-state index is -1.10. The van der Waals surface area contributed by atoms with Gasteiger partial charge >= 0.3 is 0 Å². The SMILES string of the molecule is Cc1cc(/C(O)=C2\C(=O)C(=O)N(Cc3cccs3)C2c2ccccc2F)ccc1F. The van der Waals surface area contributed by atoms with E-state index in [1.807, 2.05) is 17.5 Å². The predicted molar refractivity (Wildman–Crippen MR) is 110 cm³/mol. The van der Waals surface area contributed by atoms with Crippen LogP contribution in [0.3, 0.4) is 0 Å². The summed E-state index contributed by atoms with van der Waals surface area (Å²) in [5, 5.41) is 12.8. The van der Waals surface area contributed by atoms with Gasteiger partial charge in [-0.1, -0.05) is 24.3 Å². The molecule has 1 aromatic heterocycles. The average molecular weight is 425 g/mol. The molecule has 4 nitrogen and oxygen atoms in total. The third-order valence-electron chi connectivity index (χ3n) is 5.08. The van der Waals surface area contributed by atoms with Gasteiger partial charge < -0.3 is 10.0 Å². The highest BCUT2D eigenvalue weighted by Crippen LogP contribution is 2.41. The molecule has 30 heavy (non-hydrogen) atoms. The predicted octanol–water partition coefficient (Wildman–Crippen LogP) is 4.96. The van der Waals surface area contributed by atoms with Crippen molar-refractivity contribution in [2.45, 2.75) is 19.5 Å². The third-order valence-corrected chi connectivity index (χ3v) is 5.94. The van der Waals surface area contributed by atoms with Gasteiger partial charge in [0.05, 0.1) is 18.2 Å². The lowest BCUT2D eigenvalue weighted by atomic mass is 9.94. The van der Waals surface area contributed by atoms with Gasteiger partial charge in [-0.2, -0.15) is 0 Å². The number of hydrogen-bond acceptors (Lipinski definition) is 4. The molecule has 1 N–H and O–H groups in total. The number of likely N-dealkylation sites (tertiary alicyclic amines) is 1. The van der Waals surface area contributed by atoms with Crippen molar-refractivity contribution in [3.05, 3.63) is 98.8 Å². The van der Waals surface area contributed by atoms with E-state index in [4.69, 9.17) is 0 Å². The minimum Gasteiger partial charge on any atom is -0.507 e. The van der Waals surface area contributed by atoms with Gasteiger partial charge in [-0.05, 0) is 48.2 Å². The standard InChI is InChI=1S/C23H17F2NO3S/c1-13-11-14(8-9-17(13)24)21(27)19-20(16-6-2-3-7-18(16)25)26(23(29)22(19)28)12-15-5-4-10-30-15/h2-11,20,27H,12H2,1H3/b21-19+. The first kappa shape index (κ1) is 20.0. The maximum atomic E-state index is 14.7. The minimum absolute atomic E-state index is 0.0977. The number of aryl methyl sites for hydroxylation is 1. The smallest absolute Gasteiger partial charge is 0.295 e. The molecular weight excluding hydrogens is 408 g/mol. The zero-order valence-electron chi connectivity index (χ0n) is 15.9. The summed E-state index contributed by atoms with van der Waals surface area (Å²) < 4.78 is 28.4. The van der Waals surface area contributed by atoms with E-state index >= 15 is 0 Å². The molecule has 1 fully saturated rings. The van der Waals surface area contributed by atoms with E-state index in [-0.39, 0.29) is 28.8 Å². The van der Waals surface area contributed by atoms with Crippen LogP contribution in [0.1, 0.15) is 27.6 Å². The molecule has 1 aliphatic rings. The van der Waals surface area contributed by atoms with E-state index in [2.05, 4.69) is 0 Å². The lowest BCUT2D eigenvalue weighted by Gasteiger charge is -2.25. The van der Waals surface area contributed by atoms with Crippen molar-refractivity contribution in [3.8, 4) is 0 Å². The molecule has 1 atom stereocenters. The molecule has 7 heteroatoms. The Balaban J connectivity index is 1.90. The lowest BCUT2D eigenvalue weighted by Crippen LogP contribution is -2.29. The molecule has 0 aliphatic carbocycles. The number of Topliss-reactive ketones (excluding diaryl/α,β-unsaturated/α-hetero) is 1. The monoisotopic (exact) mass is 425 g/mol. The van der Waals surface area contributed by atoms with Gasteiger partial charge in [0.2, 0.25) is 0 Å². The number of benzene rings is 2. The molecule has 2 heterocycles. The van der Waals surface area contributed by atoms with E-state index < -0.39 is 35.1 Å². The molecule has 1 aliphatic heterocycles. The molecule has 152 valence electrons. The van der Waals surface area contributed by atoms with Crippen LogP contribution in [-0.4, -0.2) is 21.7 Å². The van der Waals surface area contributed by atoms with E-state index in [0.29, 0.717) is 0 Å². The lowest BCUT2D eigenvalue weighted by molar-refractivity contribution is -0.140. The highest BCUT2D eigenvalue weighted by Gasteiger charge is 2.47. The number of rotatable bonds is 4. The van der Waals surface area contributed by atoms with Crippen LogP contribution in [0.25, 0.3) is 5.76 Å². The normalized spacial score (nSPS) is 18.2. The topological polar surface area (TPSA) is 57.6 Å². The second kappa shape index (κ2) is 7.84. The number of thiophene rings is 1. The van der Waals surface area contributed by atoms with Crippen molar-refractivity contribution in [2.24, 2.45) is 0 Å². The maximum Gasteiger partial charge on any atom is 0.295 e. The van der Waals surface area contributed by atoms with Crippen molar-refractivity contribution in [3.63, 3.8) is 0 Å². The molecule has 1 unspecified atom stereocenters. The van der Waals surface area contributed by atoms with Crippen molar-refractivity contribution in [1.29, 1.82) is 0 Å². The van der Waals surface area contributed by atoms with Gasteiger partial charge in [-0.25, -0.2) is 8.78 Å². The third kappa shape index (κ3) is 3.41. The van der Waals surface area contributed by atoms with Gasteiger partial charge in [-0.15, -0.1) is 11.3 Å². The van der Waals surface area contributed by atoms with Gasteiger partial charge in [-0.3, -0.25) is 9.59 Å². The first-order valence-electron chi connectivity index (χ1n) is 9.20. The molecule has 0 radical (unpaired) electrons. The molecule has 3 aromatic rings. The van der Waals surface area contributed by atoms with E-state index in [0.717, 1.165) is 4.88 Å². The molecule has 2 aromatic carbocycles. The quantitative estimate of drug-likeness (QED) is 0.365. The molecular formula is C23H17F2NO3S. The number of amides is 1. The van der Waals surface area contributed by atoms with Crippen molar-refractivity contribution in [2.75, 3.05) is 0 Å². The van der Waals surface area contributed by atoms with Crippen molar-refractivity contribution >= 4 is 28.8 Å². The number of aliphatic hydroxyl groups excluding tert-OH is 1. The summed E-state index contributed by atoms with van der Waals surface area (Å²) in [6.45, 7) is 1.62. The molecule has 0 bridgehead atoms. The van der Waals surface area contributed by atoms with Crippen LogP contribution in [-0.2, 0) is 16.1 Å². The average Bonchev–Trinajstić information content (AvgIpc) is 3.32. The van der Waals surface area contributed by atoms with Gasteiger partial charge in [0.25, 0.3) is 11.7 Å². The van der Waals surface area contributed by atoms with Crippen molar-refractivity contribution in [1.82, 2.24) is 4.90 Å². The summed E-state index contributed by atoms with van der Waals surface area (Å²) in [6.07, 6.45) is 0. The molecule has 0 saturated carbocycles. The van der Waals surface area contributed by atoms with Crippen LogP contribution in [0.4, 0.5) is 8.78 Å². The first-order valence-corrected chi connectivity index (χ1v) is 10.1. The fraction of sp³-hybridized carbons (Fsp3) is 0.130. The van der Waals surface area contributed by atoms with Crippen LogP contribution in [0.5, 0.6) is 0 Å². The zero-order chi connectivity index (χ0) is 21.4. The van der Waals surface area contributed by atoms with Crippen LogP contribution >= 0.6 is 11.3 Å². The van der Waals surface area contributed by atoms with Gasteiger partial charge in [0.15, 0.2) is 0 Å². The fourth-order valence-corrected chi connectivity index (χ4v) is 4.28. The Labute approximate surface area is 175 Å². The second-order valence-electron chi connectivity index (χ2n) is 6.99. The van der Waals surface area contributed by atoms with Gasteiger partial charge in [0.1, 0.15) is 17.4 Å². The van der Waals surface area contributed by atoms with Gasteiger partial charge in [0, 0.05) is 16.0 Å². The van der Waals surface area contributed by atoms with Crippen LogP contribution in [0.15, 0.2) is 65.6 Å². The number of carbonyl (C=O) groups is 2. The molecule has 1 saturated heterocycles. The fourth-order valence-electron chi connectivity index (χ4n) is 3.58. The van der Waals surface area contributed by atoms with E-state index in [1.165, 1.54) is 59.6 Å². The van der Waals surface area contributed by atoms with Crippen LogP contribution < -0.4 is 0 Å². The molecule has 0 spiro atoms. The molecule has 1 amide bonds. The number of nitrogens with zero attached hydrogens (tertiary/aromatic N) is 1. The summed E-state index contributed by atoms with van der Waals surface area (Å²) in [5.41, 5.74) is 0.347. The van der Waals surface area contributed by atoms with Crippen molar-refractivity contribution < 1.29 is 23.5 Å². The summed E-state index contributed by atoms with van der Waals surface area (Å²) >= 11 is 1.40. The van der Waals surface area contributed by atoms with E-state index in [9.17, 15) is 23.5 Å². The Kier molecular flexibility index (Phi) is 5.22. The highest BCUT2D eigenvalue weighted by molar-refractivity contribution is 7.09. The number of ketones is 1. The number of halogens is 2. The summed E-state index contributed by atoms with van der Waals surface area (Å²) in [4.78, 5) is 27.8. The Morgan fingerprint density at radius 2 is 1.83 bits per heavy atom. The highest BCUT2D eigenvalue weighted by atomic mass is 32.1. The second-order valence-corrected chi connectivity index (χ2v) is 8.02. The first-order chi connectivity index (χ1) is 14.4. The Morgan fingerprint density at radius 1 is 1.07 bits per heavy atom. The largest absolute Gasteiger partial charge is 0.507 e. The Morgan fingerprint density at radius 3 is 2.50 bits per heavy atom. The van der Waals surface area contributed by atoms with E-state index in [1.54, 1.807) is 6.07 Å². The molecule has 4 rings (SSSR count). The summed E-state index contributed by atoms with van der Waals surface area (Å²) in [5.74, 6) is -3.24. The maximum absolute atomic E-state index is 14.7. The summed E-state index contributed by atoms with van der Waals surface area (Å²) in [7, 11) is 0. The number of hydrogen-bond donors (Lipinski definition) is 1. The number of aliphatic hydroxyl groups is 1. The Bertz CT molecular complexity index is 1170. The van der Waals surface area contributed by atoms with Crippen LogP contribution in [0.2, 0.25) is 0 Å². The summed E-state index contributed by atoms with van der Waals surface area (Å²) in [6, 6.07) is 12.2. The van der Waals surface area contributed by atoms with Crippen LogP contribution in [0, 0.1) is 18.6 Å².